The Labute approximate surface area is 140 Å². The van der Waals surface area contributed by atoms with Gasteiger partial charge in [0.1, 0.15) is 9.84 Å². The topological polar surface area (TPSA) is 49.4 Å². The number of likely N-dealkylation sites (tertiary alicyclic amines) is 1. The molecule has 0 aromatic heterocycles. The summed E-state index contributed by atoms with van der Waals surface area (Å²) >= 11 is 0. The molecule has 4 nitrogen and oxygen atoms in total. The van der Waals surface area contributed by atoms with Crippen LogP contribution in [0.2, 0.25) is 0 Å². The molecule has 23 heavy (non-hydrogen) atoms. The molecule has 1 saturated carbocycles. The molecule has 1 aliphatic carbocycles. The second-order valence-corrected chi connectivity index (χ2v) is 9.48. The molecular formula is C18H28N2O2S. The molecule has 1 heterocycles. The van der Waals surface area contributed by atoms with E-state index in [-0.39, 0.29) is 0 Å². The maximum Gasteiger partial charge on any atom is 0.147 e. The Kier molecular flexibility index (Phi) is 5.39. The summed E-state index contributed by atoms with van der Waals surface area (Å²) in [5.74, 6) is 1.84. The maximum absolute atomic E-state index is 11.2. The molecule has 3 atom stereocenters. The molecule has 3 rings (SSSR count). The molecule has 3 unspecified atom stereocenters. The van der Waals surface area contributed by atoms with Crippen LogP contribution < -0.4 is 5.32 Å². The number of hydrogen-bond donors (Lipinski definition) is 1. The Morgan fingerprint density at radius 1 is 1.17 bits per heavy atom. The predicted molar refractivity (Wildman–Crippen MR) is 94.1 cm³/mol. The van der Waals surface area contributed by atoms with E-state index in [0.717, 1.165) is 31.3 Å². The molecule has 2 fully saturated rings. The average molecular weight is 337 g/mol. The van der Waals surface area contributed by atoms with Crippen molar-refractivity contribution in [3.05, 3.63) is 35.9 Å². The van der Waals surface area contributed by atoms with Crippen molar-refractivity contribution in [1.29, 1.82) is 0 Å². The lowest BCUT2D eigenvalue weighted by Crippen LogP contribution is -2.36. The normalized spacial score (nSPS) is 28.1. The zero-order valence-electron chi connectivity index (χ0n) is 13.9. The second kappa shape index (κ2) is 7.32. The molecule has 2 aliphatic rings. The van der Waals surface area contributed by atoms with Crippen molar-refractivity contribution < 1.29 is 8.42 Å². The van der Waals surface area contributed by atoms with Crippen LogP contribution in [0.1, 0.15) is 24.8 Å². The van der Waals surface area contributed by atoms with Gasteiger partial charge in [-0.05, 0) is 43.2 Å². The van der Waals surface area contributed by atoms with E-state index >= 15 is 0 Å². The van der Waals surface area contributed by atoms with Crippen LogP contribution >= 0.6 is 0 Å². The number of fused-ring (bicyclic) bond motifs is 1. The summed E-state index contributed by atoms with van der Waals surface area (Å²) in [6.45, 7) is 4.25. The first-order valence-corrected chi connectivity index (χ1v) is 10.7. The minimum absolute atomic E-state index is 0.293. The third-order valence-electron chi connectivity index (χ3n) is 5.28. The molecule has 5 heteroatoms. The van der Waals surface area contributed by atoms with E-state index < -0.39 is 9.84 Å². The highest BCUT2D eigenvalue weighted by Gasteiger charge is 2.41. The van der Waals surface area contributed by atoms with Gasteiger partial charge in [0.05, 0.1) is 5.75 Å². The van der Waals surface area contributed by atoms with Gasteiger partial charge in [-0.3, -0.25) is 4.90 Å². The number of nitrogens with zero attached hydrogens (tertiary/aromatic N) is 1. The van der Waals surface area contributed by atoms with Crippen molar-refractivity contribution in [1.82, 2.24) is 10.2 Å². The first-order chi connectivity index (χ1) is 11.0. The van der Waals surface area contributed by atoms with Gasteiger partial charge in [-0.15, -0.1) is 0 Å². The summed E-state index contributed by atoms with van der Waals surface area (Å²) in [4.78, 5) is 2.58. The summed E-state index contributed by atoms with van der Waals surface area (Å²) < 4.78 is 22.4. The summed E-state index contributed by atoms with van der Waals surface area (Å²) in [5.41, 5.74) is 1.39. The van der Waals surface area contributed by atoms with Crippen molar-refractivity contribution in [2.45, 2.75) is 31.8 Å². The van der Waals surface area contributed by atoms with Crippen molar-refractivity contribution in [2.75, 3.05) is 31.6 Å². The summed E-state index contributed by atoms with van der Waals surface area (Å²) in [5, 5.41) is 3.62. The van der Waals surface area contributed by atoms with Gasteiger partial charge < -0.3 is 5.32 Å². The van der Waals surface area contributed by atoms with Crippen LogP contribution in [0.4, 0.5) is 0 Å². The van der Waals surface area contributed by atoms with E-state index in [9.17, 15) is 8.42 Å². The zero-order chi connectivity index (χ0) is 16.3. The van der Waals surface area contributed by atoms with Crippen LogP contribution in [0.15, 0.2) is 30.3 Å². The van der Waals surface area contributed by atoms with Crippen LogP contribution in [-0.2, 0) is 16.4 Å². The Morgan fingerprint density at radius 3 is 2.70 bits per heavy atom. The third kappa shape index (κ3) is 4.78. The number of sulfone groups is 1. The van der Waals surface area contributed by atoms with Crippen LogP contribution in [0.25, 0.3) is 0 Å². The molecule has 0 bridgehead atoms. The van der Waals surface area contributed by atoms with Crippen LogP contribution in [-0.4, -0.2) is 51.0 Å². The fourth-order valence-electron chi connectivity index (χ4n) is 4.20. The molecular weight excluding hydrogens is 308 g/mol. The summed E-state index contributed by atoms with van der Waals surface area (Å²) in [6.07, 6.45) is 4.59. The SMILES string of the molecule is CS(=O)(=O)CCCNC1CCC2CN(Cc3ccccc3)CC21. The highest BCUT2D eigenvalue weighted by Crippen LogP contribution is 2.38. The van der Waals surface area contributed by atoms with Gasteiger partial charge in [-0.1, -0.05) is 30.3 Å². The van der Waals surface area contributed by atoms with Gasteiger partial charge in [0, 0.05) is 31.9 Å². The van der Waals surface area contributed by atoms with Crippen LogP contribution in [0, 0.1) is 11.8 Å². The fourth-order valence-corrected chi connectivity index (χ4v) is 4.87. The van der Waals surface area contributed by atoms with Gasteiger partial charge in [-0.2, -0.15) is 0 Å². The lowest BCUT2D eigenvalue weighted by atomic mass is 9.98. The standard InChI is InChI=1S/C18H28N2O2S/c1-23(21,22)11-5-10-19-18-9-8-16-13-20(14-17(16)18)12-15-6-3-2-4-7-15/h2-4,6-7,16-19H,5,8-14H2,1H3. The minimum Gasteiger partial charge on any atom is -0.314 e. The summed E-state index contributed by atoms with van der Waals surface area (Å²) in [6, 6.07) is 11.3. The molecule has 0 amide bonds. The smallest absolute Gasteiger partial charge is 0.147 e. The number of rotatable bonds is 7. The minimum atomic E-state index is -2.83. The fraction of sp³-hybridized carbons (Fsp3) is 0.667. The number of nitrogens with one attached hydrogen (secondary N) is 1. The zero-order valence-corrected chi connectivity index (χ0v) is 14.8. The quantitative estimate of drug-likeness (QED) is 0.773. The lowest BCUT2D eigenvalue weighted by Gasteiger charge is -2.22. The highest BCUT2D eigenvalue weighted by molar-refractivity contribution is 7.90. The van der Waals surface area contributed by atoms with Crippen molar-refractivity contribution >= 4 is 9.84 Å². The Bertz CT molecular complexity index is 603. The Morgan fingerprint density at radius 2 is 1.96 bits per heavy atom. The first kappa shape index (κ1) is 16.9. The number of benzene rings is 1. The van der Waals surface area contributed by atoms with Crippen molar-refractivity contribution in [2.24, 2.45) is 11.8 Å². The van der Waals surface area contributed by atoms with Gasteiger partial charge in [0.25, 0.3) is 0 Å². The maximum atomic E-state index is 11.2. The van der Waals surface area contributed by atoms with E-state index in [1.807, 2.05) is 0 Å². The molecule has 1 saturated heterocycles. The largest absolute Gasteiger partial charge is 0.314 e. The second-order valence-electron chi connectivity index (χ2n) is 7.23. The van der Waals surface area contributed by atoms with Gasteiger partial charge in [0.2, 0.25) is 0 Å². The van der Waals surface area contributed by atoms with Crippen molar-refractivity contribution in [3.8, 4) is 0 Å². The Hall–Kier alpha value is -0.910. The number of hydrogen-bond acceptors (Lipinski definition) is 4. The Balaban J connectivity index is 1.45. The van der Waals surface area contributed by atoms with E-state index in [1.165, 1.54) is 37.8 Å². The van der Waals surface area contributed by atoms with E-state index in [4.69, 9.17) is 0 Å². The van der Waals surface area contributed by atoms with Gasteiger partial charge in [-0.25, -0.2) is 8.42 Å². The van der Waals surface area contributed by atoms with Gasteiger partial charge >= 0.3 is 0 Å². The third-order valence-corrected chi connectivity index (χ3v) is 6.31. The highest BCUT2D eigenvalue weighted by atomic mass is 32.2. The molecule has 1 aromatic carbocycles. The first-order valence-electron chi connectivity index (χ1n) is 8.69. The average Bonchev–Trinajstić information content (AvgIpc) is 3.04. The molecule has 1 N–H and O–H groups in total. The molecule has 0 radical (unpaired) electrons. The van der Waals surface area contributed by atoms with E-state index in [2.05, 4.69) is 40.5 Å². The van der Waals surface area contributed by atoms with E-state index in [0.29, 0.717) is 11.8 Å². The molecule has 0 spiro atoms. The lowest BCUT2D eigenvalue weighted by molar-refractivity contribution is 0.289. The molecule has 1 aliphatic heterocycles. The monoisotopic (exact) mass is 336 g/mol. The van der Waals surface area contributed by atoms with Gasteiger partial charge in [0.15, 0.2) is 0 Å². The summed E-state index contributed by atoms with van der Waals surface area (Å²) in [7, 11) is -2.83. The van der Waals surface area contributed by atoms with Crippen LogP contribution in [0.3, 0.4) is 0 Å². The predicted octanol–water partition coefficient (Wildman–Crippen LogP) is 1.92. The van der Waals surface area contributed by atoms with E-state index in [1.54, 1.807) is 0 Å². The van der Waals surface area contributed by atoms with Crippen molar-refractivity contribution in [3.63, 3.8) is 0 Å². The molecule has 1 aromatic rings. The van der Waals surface area contributed by atoms with Crippen LogP contribution in [0.5, 0.6) is 0 Å². The molecule has 128 valence electrons.